The molecule has 0 unspecified atom stereocenters. The van der Waals surface area contributed by atoms with Crippen LogP contribution in [-0.4, -0.2) is 61.6 Å². The Bertz CT molecular complexity index is 1260. The van der Waals surface area contributed by atoms with Gasteiger partial charge in [0.2, 0.25) is 10.0 Å². The van der Waals surface area contributed by atoms with Crippen LogP contribution in [0.25, 0.3) is 6.08 Å². The Hall–Kier alpha value is -3.05. The summed E-state index contributed by atoms with van der Waals surface area (Å²) in [6, 6.07) is 6.04. The molecule has 5 rings (SSSR count). The first-order valence-electron chi connectivity index (χ1n) is 14.0. The van der Waals surface area contributed by atoms with Crippen molar-refractivity contribution in [1.29, 1.82) is 0 Å². The minimum absolute atomic E-state index is 0.0374. The van der Waals surface area contributed by atoms with Crippen LogP contribution in [0.3, 0.4) is 0 Å². The molecule has 1 aliphatic carbocycles. The van der Waals surface area contributed by atoms with Crippen LogP contribution >= 0.6 is 0 Å². The lowest BCUT2D eigenvalue weighted by atomic mass is 9.79. The number of nitrogens with one attached hydrogen (secondary N) is 2. The molecule has 0 radical (unpaired) electrons. The maximum Gasteiger partial charge on any atom is 0.329 e. The summed E-state index contributed by atoms with van der Waals surface area (Å²) in [4.78, 5) is 42.6. The zero-order chi connectivity index (χ0) is 27.6. The average molecular weight is 556 g/mol. The normalized spacial score (nSPS) is 25.8. The average Bonchev–Trinajstić information content (AvgIpc) is 3.44. The number of nitrogens with zero attached hydrogens (tertiary/aromatic N) is 3. The zero-order valence-corrected chi connectivity index (χ0v) is 23.2. The van der Waals surface area contributed by atoms with Gasteiger partial charge in [0.05, 0.1) is 12.2 Å². The Labute approximate surface area is 230 Å². The lowest BCUT2D eigenvalue weighted by Gasteiger charge is -2.34. The molecule has 4 amide bonds. The van der Waals surface area contributed by atoms with Crippen molar-refractivity contribution in [3.63, 3.8) is 0 Å². The van der Waals surface area contributed by atoms with Gasteiger partial charge in [-0.1, -0.05) is 38.3 Å². The number of urea groups is 1. The number of anilines is 1. The third kappa shape index (κ3) is 5.79. The number of sulfonamides is 1. The summed E-state index contributed by atoms with van der Waals surface area (Å²) < 4.78 is 27.4. The number of hydrogen-bond acceptors (Lipinski definition) is 6. The van der Waals surface area contributed by atoms with Gasteiger partial charge in [0, 0.05) is 24.4 Å². The molecule has 2 saturated heterocycles. The zero-order valence-electron chi connectivity index (χ0n) is 22.4. The summed E-state index contributed by atoms with van der Waals surface area (Å²) in [7, 11) is -3.69. The fourth-order valence-electron chi connectivity index (χ4n) is 6.07. The molecule has 4 aliphatic rings. The Balaban J connectivity index is 1.17. The summed E-state index contributed by atoms with van der Waals surface area (Å²) in [5.41, 5.74) is 0.187. The fourth-order valence-corrected chi connectivity index (χ4v) is 7.26. The van der Waals surface area contributed by atoms with Gasteiger partial charge in [-0.3, -0.25) is 14.6 Å². The van der Waals surface area contributed by atoms with E-state index < -0.39 is 21.6 Å². The maximum atomic E-state index is 13.0. The maximum absolute atomic E-state index is 13.0. The van der Waals surface area contributed by atoms with E-state index in [9.17, 15) is 22.8 Å². The van der Waals surface area contributed by atoms with E-state index in [4.69, 9.17) is 4.99 Å². The first-order valence-corrected chi connectivity index (χ1v) is 15.5. The van der Waals surface area contributed by atoms with Gasteiger partial charge in [-0.15, -0.1) is 0 Å². The van der Waals surface area contributed by atoms with E-state index in [1.54, 1.807) is 24.3 Å². The van der Waals surface area contributed by atoms with Gasteiger partial charge in [-0.05, 0) is 68.2 Å². The molecule has 210 valence electrons. The van der Waals surface area contributed by atoms with Crippen LogP contribution < -0.4 is 15.5 Å². The van der Waals surface area contributed by atoms with Crippen LogP contribution in [0, 0.1) is 11.8 Å². The monoisotopic (exact) mass is 555 g/mol. The van der Waals surface area contributed by atoms with E-state index >= 15 is 0 Å². The molecule has 39 heavy (non-hydrogen) atoms. The second-order valence-corrected chi connectivity index (χ2v) is 12.9. The highest BCUT2D eigenvalue weighted by molar-refractivity contribution is 7.92. The Kier molecular flexibility index (Phi) is 7.91. The molecule has 0 bridgehead atoms. The van der Waals surface area contributed by atoms with Crippen LogP contribution in [-0.2, 0) is 19.6 Å². The molecule has 0 aromatic heterocycles. The van der Waals surface area contributed by atoms with E-state index in [0.717, 1.165) is 34.9 Å². The number of piperidine rings is 1. The predicted molar refractivity (Wildman–Crippen MR) is 149 cm³/mol. The Morgan fingerprint density at radius 1 is 1.05 bits per heavy atom. The van der Waals surface area contributed by atoms with Crippen LogP contribution in [0.2, 0.25) is 0 Å². The van der Waals surface area contributed by atoms with Crippen LogP contribution in [0.1, 0.15) is 70.3 Å². The number of rotatable bonds is 8. The predicted octanol–water partition coefficient (Wildman–Crippen LogP) is 3.40. The number of carbonyl (C=O) groups is 3. The second-order valence-electron chi connectivity index (χ2n) is 11.1. The lowest BCUT2D eigenvalue weighted by Crippen LogP contribution is -2.50. The first kappa shape index (κ1) is 27.5. The molecule has 0 atom stereocenters. The standard InChI is InChI=1S/C28H37N5O5S/c1-2-3-4-20-5-9-22(10-6-20)25-30-26(35)28(31-25)14-16-32(17-15-28)39(37,38)18-13-21-7-11-23(12-8-21)33-24(34)19-29-27(33)36/h7-8,11-13,18,20,22H,2-6,9-10,14-17,19H2,1H3,(H,29,36)(H,30,31,35)/b18-13+. The summed E-state index contributed by atoms with van der Waals surface area (Å²) >= 11 is 0. The van der Waals surface area contributed by atoms with E-state index in [-0.39, 0.29) is 31.4 Å². The third-order valence-corrected chi connectivity index (χ3v) is 10.1. The number of carbonyl (C=O) groups excluding carboxylic acids is 3. The summed E-state index contributed by atoms with van der Waals surface area (Å²) in [5.74, 6) is 1.45. The highest BCUT2D eigenvalue weighted by Gasteiger charge is 2.48. The quantitative estimate of drug-likeness (QED) is 0.475. The SMILES string of the molecule is CCCCC1CCC(C2=NC3(CCN(S(=O)(=O)/C=C/c4ccc(N5C(=O)CNC5=O)cc4)CC3)C(=O)N2)CC1. The summed E-state index contributed by atoms with van der Waals surface area (Å²) in [5, 5.41) is 6.68. The van der Waals surface area contributed by atoms with Crippen molar-refractivity contribution in [3.8, 4) is 0 Å². The van der Waals surface area contributed by atoms with Crippen molar-refractivity contribution >= 4 is 45.5 Å². The minimum Gasteiger partial charge on any atom is -0.328 e. The van der Waals surface area contributed by atoms with Crippen molar-refractivity contribution in [2.75, 3.05) is 24.5 Å². The smallest absolute Gasteiger partial charge is 0.328 e. The second kappa shape index (κ2) is 11.2. The van der Waals surface area contributed by atoms with Gasteiger partial charge in [-0.25, -0.2) is 18.1 Å². The van der Waals surface area contributed by atoms with Gasteiger partial charge >= 0.3 is 6.03 Å². The van der Waals surface area contributed by atoms with Gasteiger partial charge < -0.3 is 10.6 Å². The molecular formula is C28H37N5O5S. The Morgan fingerprint density at radius 2 is 1.74 bits per heavy atom. The fraction of sp³-hybridized carbons (Fsp3) is 0.571. The summed E-state index contributed by atoms with van der Waals surface area (Å²) in [6.07, 6.45) is 10.5. The molecule has 3 aliphatic heterocycles. The van der Waals surface area contributed by atoms with E-state index in [1.807, 2.05) is 0 Å². The lowest BCUT2D eigenvalue weighted by molar-refractivity contribution is -0.125. The number of amidine groups is 1. The van der Waals surface area contributed by atoms with Crippen molar-refractivity contribution in [3.05, 3.63) is 35.2 Å². The molecule has 11 heteroatoms. The van der Waals surface area contributed by atoms with E-state index in [0.29, 0.717) is 30.0 Å². The van der Waals surface area contributed by atoms with Crippen molar-refractivity contribution in [1.82, 2.24) is 14.9 Å². The van der Waals surface area contributed by atoms with Crippen LogP contribution in [0.15, 0.2) is 34.7 Å². The van der Waals surface area contributed by atoms with Crippen LogP contribution in [0.4, 0.5) is 10.5 Å². The first-order chi connectivity index (χ1) is 18.7. The molecule has 1 saturated carbocycles. The number of aliphatic imine (C=N–C) groups is 1. The molecule has 10 nitrogen and oxygen atoms in total. The minimum atomic E-state index is -3.69. The highest BCUT2D eigenvalue weighted by atomic mass is 32.2. The van der Waals surface area contributed by atoms with E-state index in [1.165, 1.54) is 42.5 Å². The number of benzene rings is 1. The van der Waals surface area contributed by atoms with Crippen molar-refractivity contribution in [2.24, 2.45) is 16.8 Å². The number of amides is 4. The number of imide groups is 1. The van der Waals surface area contributed by atoms with Gasteiger partial charge in [0.15, 0.2) is 0 Å². The molecule has 3 heterocycles. The van der Waals surface area contributed by atoms with E-state index in [2.05, 4.69) is 17.6 Å². The van der Waals surface area contributed by atoms with Gasteiger partial charge in [0.25, 0.3) is 11.8 Å². The largest absolute Gasteiger partial charge is 0.329 e. The molecule has 1 aromatic carbocycles. The summed E-state index contributed by atoms with van der Waals surface area (Å²) in [6.45, 7) is 2.64. The number of unbranched alkanes of at least 4 members (excludes halogenated alkanes) is 1. The van der Waals surface area contributed by atoms with Crippen LogP contribution in [0.5, 0.6) is 0 Å². The van der Waals surface area contributed by atoms with Gasteiger partial charge in [0.1, 0.15) is 11.4 Å². The van der Waals surface area contributed by atoms with Gasteiger partial charge in [-0.2, -0.15) is 4.31 Å². The number of hydrogen-bond donors (Lipinski definition) is 2. The Morgan fingerprint density at radius 3 is 2.36 bits per heavy atom. The van der Waals surface area contributed by atoms with Crippen molar-refractivity contribution in [2.45, 2.75) is 70.3 Å². The van der Waals surface area contributed by atoms with Crippen molar-refractivity contribution < 1.29 is 22.8 Å². The third-order valence-electron chi connectivity index (χ3n) is 8.53. The molecule has 3 fully saturated rings. The topological polar surface area (TPSA) is 128 Å². The molecular weight excluding hydrogens is 518 g/mol. The molecule has 1 spiro atoms. The highest BCUT2D eigenvalue weighted by Crippen LogP contribution is 2.37. The molecule has 1 aromatic rings. The molecule has 2 N–H and O–H groups in total.